The van der Waals surface area contributed by atoms with Crippen LogP contribution in [0.25, 0.3) is 0 Å². The highest BCUT2D eigenvalue weighted by Gasteiger charge is 2.25. The van der Waals surface area contributed by atoms with Crippen molar-refractivity contribution in [2.45, 2.75) is 17.2 Å². The Morgan fingerprint density at radius 1 is 1.40 bits per heavy atom. The van der Waals surface area contributed by atoms with Gasteiger partial charge in [-0.2, -0.15) is 25.3 Å². The Kier molecular flexibility index (Phi) is 3.91. The lowest BCUT2D eigenvalue weighted by Crippen LogP contribution is -2.52. The molecule has 1 N–H and O–H groups in total. The summed E-state index contributed by atoms with van der Waals surface area (Å²) >= 11 is 9.06. The van der Waals surface area contributed by atoms with E-state index in [1.54, 1.807) is 0 Å². The van der Waals surface area contributed by atoms with Gasteiger partial charge in [0.05, 0.1) is 5.37 Å². The first kappa shape index (κ1) is 11.3. The molecule has 0 radical (unpaired) electrons. The maximum absolute atomic E-state index is 4.58. The predicted octanol–water partition coefficient (Wildman–Crippen LogP) is 0.999. The summed E-state index contributed by atoms with van der Waals surface area (Å²) in [7, 11) is 0. The van der Waals surface area contributed by atoms with Crippen LogP contribution < -0.4 is 5.32 Å². The number of hydrogen-bond donors (Lipinski definition) is 3. The van der Waals surface area contributed by atoms with Crippen LogP contribution in [0.1, 0.15) is 5.56 Å². The van der Waals surface area contributed by atoms with Gasteiger partial charge in [-0.25, -0.2) is 0 Å². The molecule has 15 heavy (non-hydrogen) atoms. The third-order valence-corrected chi connectivity index (χ3v) is 3.91. The zero-order valence-electron chi connectivity index (χ0n) is 8.37. The Morgan fingerprint density at radius 3 is 2.87 bits per heavy atom. The third-order valence-electron chi connectivity index (χ3n) is 2.52. The highest BCUT2D eigenvalue weighted by molar-refractivity contribution is 7.85. The average molecular weight is 241 g/mol. The van der Waals surface area contributed by atoms with Gasteiger partial charge in [0.1, 0.15) is 0 Å². The topological polar surface area (TPSA) is 28.2 Å². The lowest BCUT2D eigenvalue weighted by Gasteiger charge is -2.37. The van der Waals surface area contributed by atoms with E-state index in [1.165, 1.54) is 5.56 Å². The first-order valence-electron chi connectivity index (χ1n) is 4.97. The van der Waals surface area contributed by atoms with E-state index in [-0.39, 0.29) is 10.6 Å². The minimum atomic E-state index is 0.211. The smallest absolute Gasteiger partial charge is 0.0671 e. The van der Waals surface area contributed by atoms with Crippen LogP contribution in [-0.2, 0) is 6.54 Å². The van der Waals surface area contributed by atoms with Crippen molar-refractivity contribution >= 4 is 25.3 Å². The van der Waals surface area contributed by atoms with Crippen molar-refractivity contribution in [2.24, 2.45) is 0 Å². The summed E-state index contributed by atoms with van der Waals surface area (Å²) in [6.45, 7) is 2.68. The normalized spacial score (nSPS) is 27.9. The van der Waals surface area contributed by atoms with Crippen LogP contribution in [0.15, 0.2) is 24.5 Å². The zero-order chi connectivity index (χ0) is 10.7. The number of rotatable bonds is 2. The van der Waals surface area contributed by atoms with Crippen molar-refractivity contribution in [3.63, 3.8) is 0 Å². The molecule has 1 aliphatic rings. The summed E-state index contributed by atoms with van der Waals surface area (Å²) in [6, 6.07) is 4.06. The number of pyridine rings is 1. The Labute approximate surface area is 101 Å². The van der Waals surface area contributed by atoms with Gasteiger partial charge < -0.3 is 5.32 Å². The molecule has 0 amide bonds. The van der Waals surface area contributed by atoms with Gasteiger partial charge >= 0.3 is 0 Å². The summed E-state index contributed by atoms with van der Waals surface area (Å²) in [5.41, 5.74) is 1.26. The molecule has 1 fully saturated rings. The molecule has 0 saturated carbocycles. The lowest BCUT2D eigenvalue weighted by atomic mass is 10.2. The summed E-state index contributed by atoms with van der Waals surface area (Å²) in [5, 5.41) is 3.81. The number of nitrogens with zero attached hydrogens (tertiary/aromatic N) is 2. The average Bonchev–Trinajstić information content (AvgIpc) is 2.26. The van der Waals surface area contributed by atoms with Gasteiger partial charge in [-0.3, -0.25) is 9.88 Å². The fourth-order valence-corrected chi connectivity index (χ4v) is 2.26. The summed E-state index contributed by atoms with van der Waals surface area (Å²) in [4.78, 5) is 6.27. The Hall–Kier alpha value is -0.230. The third kappa shape index (κ3) is 2.87. The van der Waals surface area contributed by atoms with E-state index in [4.69, 9.17) is 0 Å². The maximum atomic E-state index is 4.58. The van der Waals surface area contributed by atoms with E-state index in [0.717, 1.165) is 19.8 Å². The second-order valence-electron chi connectivity index (χ2n) is 3.70. The molecule has 2 atom stereocenters. The van der Waals surface area contributed by atoms with Crippen LogP contribution in [0.2, 0.25) is 0 Å². The van der Waals surface area contributed by atoms with Crippen molar-refractivity contribution in [2.75, 3.05) is 13.2 Å². The lowest BCUT2D eigenvalue weighted by molar-refractivity contribution is 0.193. The van der Waals surface area contributed by atoms with E-state index in [9.17, 15) is 0 Å². The number of thiol groups is 2. The van der Waals surface area contributed by atoms with Gasteiger partial charge in [-0.1, -0.05) is 0 Å². The first-order chi connectivity index (χ1) is 7.27. The molecule has 1 aliphatic heterocycles. The minimum Gasteiger partial charge on any atom is -0.303 e. The molecular formula is C10H15N3S2. The van der Waals surface area contributed by atoms with Crippen molar-refractivity contribution in [1.29, 1.82) is 0 Å². The summed E-state index contributed by atoms with van der Waals surface area (Å²) in [6.07, 6.45) is 3.64. The SMILES string of the molecule is SC1CNCN(Cc2ccncc2)C1S. The largest absolute Gasteiger partial charge is 0.303 e. The van der Waals surface area contributed by atoms with E-state index >= 15 is 0 Å². The molecule has 82 valence electrons. The van der Waals surface area contributed by atoms with Crippen LogP contribution in [0.5, 0.6) is 0 Å². The highest BCUT2D eigenvalue weighted by atomic mass is 32.1. The summed E-state index contributed by atoms with van der Waals surface area (Å²) in [5.74, 6) is 0. The number of nitrogens with one attached hydrogen (secondary N) is 1. The van der Waals surface area contributed by atoms with Gasteiger partial charge in [0.2, 0.25) is 0 Å². The fraction of sp³-hybridized carbons (Fsp3) is 0.500. The van der Waals surface area contributed by atoms with E-state index in [0.29, 0.717) is 0 Å². The molecule has 2 rings (SSSR count). The molecule has 1 saturated heterocycles. The second-order valence-corrected chi connectivity index (χ2v) is 4.89. The first-order valence-corrected chi connectivity index (χ1v) is 6.00. The fourth-order valence-electron chi connectivity index (χ4n) is 1.67. The van der Waals surface area contributed by atoms with Crippen LogP contribution in [0.3, 0.4) is 0 Å². The van der Waals surface area contributed by atoms with Crippen LogP contribution in [0.4, 0.5) is 0 Å². The molecule has 2 unspecified atom stereocenters. The molecule has 1 aromatic rings. The minimum absolute atomic E-state index is 0.211. The van der Waals surface area contributed by atoms with Gasteiger partial charge in [0, 0.05) is 37.4 Å². The number of hydrogen-bond acceptors (Lipinski definition) is 5. The van der Waals surface area contributed by atoms with E-state index in [1.807, 2.05) is 24.5 Å². The molecule has 3 nitrogen and oxygen atoms in total. The molecule has 0 aromatic carbocycles. The van der Waals surface area contributed by atoms with Crippen LogP contribution in [-0.4, -0.2) is 33.7 Å². The predicted molar refractivity (Wildman–Crippen MR) is 68.2 cm³/mol. The monoisotopic (exact) mass is 241 g/mol. The van der Waals surface area contributed by atoms with Crippen molar-refractivity contribution in [3.8, 4) is 0 Å². The molecule has 0 spiro atoms. The standard InChI is InChI=1S/C10H15N3S2/c14-9-5-12-7-13(10(9)15)6-8-1-3-11-4-2-8/h1-4,9-10,12,14-15H,5-7H2. The van der Waals surface area contributed by atoms with E-state index < -0.39 is 0 Å². The van der Waals surface area contributed by atoms with Gasteiger partial charge in [-0.15, -0.1) is 0 Å². The zero-order valence-corrected chi connectivity index (χ0v) is 10.2. The van der Waals surface area contributed by atoms with Gasteiger partial charge in [0.15, 0.2) is 0 Å². The molecule has 1 aromatic heterocycles. The molecule has 2 heterocycles. The van der Waals surface area contributed by atoms with Crippen molar-refractivity contribution < 1.29 is 0 Å². The number of aromatic nitrogens is 1. The highest BCUT2D eigenvalue weighted by Crippen LogP contribution is 2.18. The van der Waals surface area contributed by atoms with Crippen molar-refractivity contribution in [1.82, 2.24) is 15.2 Å². The molecule has 5 heteroatoms. The van der Waals surface area contributed by atoms with Crippen LogP contribution >= 0.6 is 25.3 Å². The maximum Gasteiger partial charge on any atom is 0.0671 e. The van der Waals surface area contributed by atoms with Crippen LogP contribution in [0, 0.1) is 0 Å². The second kappa shape index (κ2) is 5.21. The van der Waals surface area contributed by atoms with E-state index in [2.05, 4.69) is 40.5 Å². The van der Waals surface area contributed by atoms with Gasteiger partial charge in [-0.05, 0) is 17.7 Å². The molecule has 0 aliphatic carbocycles. The quantitative estimate of drug-likeness (QED) is 0.675. The summed E-state index contributed by atoms with van der Waals surface area (Å²) < 4.78 is 0. The Morgan fingerprint density at radius 2 is 2.13 bits per heavy atom. The molecule has 0 bridgehead atoms. The van der Waals surface area contributed by atoms with Crippen molar-refractivity contribution in [3.05, 3.63) is 30.1 Å². The van der Waals surface area contributed by atoms with Gasteiger partial charge in [0.25, 0.3) is 0 Å². The Bertz CT molecular complexity index is 307. The Balaban J connectivity index is 1.99. The molecular weight excluding hydrogens is 226 g/mol.